The fourth-order valence-electron chi connectivity index (χ4n) is 10.6. The van der Waals surface area contributed by atoms with Crippen LogP contribution in [0.4, 0.5) is 0 Å². The number of methoxy groups -OCH3 is 4. The van der Waals surface area contributed by atoms with E-state index < -0.39 is 28.3 Å². The minimum atomic E-state index is -1.57. The Morgan fingerprint density at radius 2 is 1.75 bits per heavy atom. The number of ether oxygens (including phenoxy) is 4. The minimum absolute atomic E-state index is 0.0316. The fourth-order valence-corrected chi connectivity index (χ4v) is 10.6. The van der Waals surface area contributed by atoms with E-state index in [9.17, 15) is 15.3 Å². The number of hydrogen-bond acceptors (Lipinski definition) is 8. The molecule has 1 heterocycles. The van der Waals surface area contributed by atoms with Crippen molar-refractivity contribution in [2.45, 2.75) is 79.9 Å². The maximum absolute atomic E-state index is 12.8. The van der Waals surface area contributed by atoms with E-state index in [1.807, 2.05) is 0 Å². The summed E-state index contributed by atoms with van der Waals surface area (Å²) < 4.78 is 24.3. The van der Waals surface area contributed by atoms with Crippen LogP contribution in [0.2, 0.25) is 0 Å². The summed E-state index contributed by atoms with van der Waals surface area (Å²) >= 11 is 0. The molecule has 0 radical (unpaired) electrons. The molecule has 32 heavy (non-hydrogen) atoms. The highest BCUT2D eigenvalue weighted by Gasteiger charge is 2.91. The zero-order valence-electron chi connectivity index (χ0n) is 19.9. The van der Waals surface area contributed by atoms with E-state index >= 15 is 0 Å². The summed E-state index contributed by atoms with van der Waals surface area (Å²) in [5.74, 6) is -0.399. The van der Waals surface area contributed by atoms with Crippen molar-refractivity contribution >= 4 is 0 Å². The topological polar surface area (TPSA) is 101 Å². The molecule has 0 aromatic heterocycles. The van der Waals surface area contributed by atoms with E-state index in [1.54, 1.807) is 28.4 Å². The number of β-amino-alcohol motifs (C(OH)–C–C–N with tert-alkyl or cyclic N) is 1. The van der Waals surface area contributed by atoms with Crippen LogP contribution in [0.3, 0.4) is 0 Å². The summed E-state index contributed by atoms with van der Waals surface area (Å²) in [6.07, 6.45) is 1.26. The van der Waals surface area contributed by atoms with Crippen LogP contribution >= 0.6 is 0 Å². The molecule has 0 aromatic rings. The standard InChI is InChI=1S/C24H39NO7/c1-6-25-11-21(26)8-7-15(30-3)23-13-9-12-14(29-2)10-22(27,16(13)17(12)31-4)24(28,20(23)25)19(32-5)18(21)23/h12-20,26-28H,6-11H2,1-5H3/t12-,13-,14-,15+,16-,17+,18-,19+,20+,21-,22-,23+,24-/m1/s1. The second kappa shape index (κ2) is 6.66. The lowest BCUT2D eigenvalue weighted by Crippen LogP contribution is -2.82. The van der Waals surface area contributed by atoms with Gasteiger partial charge in [-0.25, -0.2) is 0 Å². The lowest BCUT2D eigenvalue weighted by Gasteiger charge is -2.69. The van der Waals surface area contributed by atoms with Gasteiger partial charge in [-0.3, -0.25) is 4.90 Å². The van der Waals surface area contributed by atoms with Crippen molar-refractivity contribution in [1.82, 2.24) is 4.90 Å². The second-order valence-electron chi connectivity index (χ2n) is 11.4. The molecule has 0 amide bonds. The van der Waals surface area contributed by atoms with Crippen LogP contribution < -0.4 is 0 Å². The molecule has 6 aliphatic rings. The Balaban J connectivity index is 1.68. The highest BCUT2D eigenvalue weighted by molar-refractivity contribution is 5.41. The van der Waals surface area contributed by atoms with Gasteiger partial charge < -0.3 is 34.3 Å². The van der Waals surface area contributed by atoms with Gasteiger partial charge in [0.2, 0.25) is 0 Å². The van der Waals surface area contributed by atoms with Crippen molar-refractivity contribution in [3.05, 3.63) is 0 Å². The molecule has 6 fully saturated rings. The van der Waals surface area contributed by atoms with Crippen LogP contribution in [0.5, 0.6) is 0 Å². The number of nitrogens with zero attached hydrogens (tertiary/aromatic N) is 1. The number of fused-ring (bicyclic) bond motifs is 2. The van der Waals surface area contributed by atoms with Crippen LogP contribution in [0, 0.1) is 29.1 Å². The molecule has 0 aromatic carbocycles. The van der Waals surface area contributed by atoms with Crippen LogP contribution in [-0.4, -0.2) is 109 Å². The van der Waals surface area contributed by atoms with Crippen LogP contribution in [0.25, 0.3) is 0 Å². The average Bonchev–Trinajstić information content (AvgIpc) is 3.20. The van der Waals surface area contributed by atoms with E-state index in [0.717, 1.165) is 12.8 Å². The highest BCUT2D eigenvalue weighted by Crippen LogP contribution is 2.79. The van der Waals surface area contributed by atoms with E-state index in [-0.39, 0.29) is 48.0 Å². The predicted octanol–water partition coefficient (Wildman–Crippen LogP) is 0.0234. The van der Waals surface area contributed by atoms with Gasteiger partial charge in [0.05, 0.1) is 36.1 Å². The summed E-state index contributed by atoms with van der Waals surface area (Å²) in [5.41, 5.74) is -4.55. The number of aliphatic hydroxyl groups is 3. The van der Waals surface area contributed by atoms with Gasteiger partial charge in [0, 0.05) is 64.6 Å². The molecule has 13 atom stereocenters. The quantitative estimate of drug-likeness (QED) is 0.536. The molecule has 7 bridgehead atoms. The summed E-state index contributed by atoms with van der Waals surface area (Å²) in [6, 6.07) is -0.362. The van der Waals surface area contributed by atoms with E-state index in [0.29, 0.717) is 25.9 Å². The first kappa shape index (κ1) is 22.2. The molecule has 5 aliphatic carbocycles. The smallest absolute Gasteiger partial charge is 0.136 e. The monoisotopic (exact) mass is 453 g/mol. The zero-order valence-corrected chi connectivity index (χ0v) is 19.9. The van der Waals surface area contributed by atoms with Gasteiger partial charge in [-0.05, 0) is 31.7 Å². The normalized spacial score (nSPS) is 62.4. The van der Waals surface area contributed by atoms with Crippen molar-refractivity contribution in [1.29, 1.82) is 0 Å². The van der Waals surface area contributed by atoms with E-state index in [4.69, 9.17) is 18.9 Å². The Labute approximate surface area is 190 Å². The van der Waals surface area contributed by atoms with Gasteiger partial charge in [-0.15, -0.1) is 0 Å². The lowest BCUT2D eigenvalue weighted by molar-refractivity contribution is -0.322. The average molecular weight is 454 g/mol. The third-order valence-electron chi connectivity index (χ3n) is 11.1. The number of piperidine rings is 1. The van der Waals surface area contributed by atoms with Crippen LogP contribution in [0.1, 0.15) is 32.6 Å². The van der Waals surface area contributed by atoms with Crippen molar-refractivity contribution < 1.29 is 34.3 Å². The first-order valence-electron chi connectivity index (χ1n) is 12.3. The first-order chi connectivity index (χ1) is 15.2. The number of hydrogen-bond donors (Lipinski definition) is 3. The molecule has 5 saturated carbocycles. The molecule has 8 nitrogen and oxygen atoms in total. The largest absolute Gasteiger partial charge is 0.388 e. The summed E-state index contributed by atoms with van der Waals surface area (Å²) in [6.45, 7) is 3.23. The van der Waals surface area contributed by atoms with E-state index in [2.05, 4.69) is 11.8 Å². The Morgan fingerprint density at radius 3 is 2.34 bits per heavy atom. The highest BCUT2D eigenvalue weighted by atomic mass is 16.5. The van der Waals surface area contributed by atoms with Gasteiger partial charge >= 0.3 is 0 Å². The minimum Gasteiger partial charge on any atom is -0.388 e. The first-order valence-corrected chi connectivity index (χ1v) is 12.3. The summed E-state index contributed by atoms with van der Waals surface area (Å²) in [5, 5.41) is 37.6. The molecular weight excluding hydrogens is 414 g/mol. The summed E-state index contributed by atoms with van der Waals surface area (Å²) in [7, 11) is 6.75. The Hall–Kier alpha value is -0.320. The fraction of sp³-hybridized carbons (Fsp3) is 1.00. The van der Waals surface area contributed by atoms with Crippen molar-refractivity contribution in [2.24, 2.45) is 29.1 Å². The molecular formula is C24H39NO7. The van der Waals surface area contributed by atoms with Gasteiger partial charge in [0.1, 0.15) is 11.2 Å². The Kier molecular flexibility index (Phi) is 4.62. The molecule has 1 aliphatic heterocycles. The van der Waals surface area contributed by atoms with E-state index in [1.165, 1.54) is 0 Å². The molecule has 1 spiro atoms. The Morgan fingerprint density at radius 1 is 1.00 bits per heavy atom. The maximum Gasteiger partial charge on any atom is 0.136 e. The third-order valence-corrected chi connectivity index (χ3v) is 11.1. The number of likely N-dealkylation sites (tertiary alicyclic amines) is 1. The molecule has 0 unspecified atom stereocenters. The van der Waals surface area contributed by atoms with Gasteiger partial charge in [-0.1, -0.05) is 6.92 Å². The molecule has 6 rings (SSSR count). The molecule has 3 N–H and O–H groups in total. The van der Waals surface area contributed by atoms with Crippen molar-refractivity contribution in [3.63, 3.8) is 0 Å². The van der Waals surface area contributed by atoms with Gasteiger partial charge in [0.25, 0.3) is 0 Å². The van der Waals surface area contributed by atoms with Gasteiger partial charge in [-0.2, -0.15) is 0 Å². The Bertz CT molecular complexity index is 798. The van der Waals surface area contributed by atoms with Gasteiger partial charge in [0.15, 0.2) is 0 Å². The molecule has 1 saturated heterocycles. The number of likely N-dealkylation sites (N-methyl/N-ethyl adjacent to an activating group) is 1. The van der Waals surface area contributed by atoms with Crippen molar-refractivity contribution in [2.75, 3.05) is 41.5 Å². The predicted molar refractivity (Wildman–Crippen MR) is 114 cm³/mol. The van der Waals surface area contributed by atoms with Crippen molar-refractivity contribution in [3.8, 4) is 0 Å². The molecule has 8 heteroatoms. The maximum atomic E-state index is 12.8. The lowest BCUT2D eigenvalue weighted by atomic mass is 9.44. The molecule has 182 valence electrons. The SMILES string of the molecule is CCN1C[C@]2(O)CC[C@H](OC)[C@@]34[C@@H]5C[C@H]6[C@H](OC)[C@@H]5[C@](O)(C[C@H]6OC)[C@@](O)([C@@H](OC)[C@H]23)[C@@H]14. The zero-order chi connectivity index (χ0) is 22.8. The number of rotatable bonds is 5. The van der Waals surface area contributed by atoms with Crippen LogP contribution in [0.15, 0.2) is 0 Å². The van der Waals surface area contributed by atoms with Crippen LogP contribution in [-0.2, 0) is 18.9 Å². The summed E-state index contributed by atoms with van der Waals surface area (Å²) in [4.78, 5) is 2.21. The third kappa shape index (κ3) is 1.99. The second-order valence-corrected chi connectivity index (χ2v) is 11.4.